The lowest BCUT2D eigenvalue weighted by molar-refractivity contribution is -0.120. The Hall–Kier alpha value is -1.76. The molecule has 132 valence electrons. The average molecular weight is 352 g/mol. The number of hydrogen-bond donors (Lipinski definition) is 1. The summed E-state index contributed by atoms with van der Waals surface area (Å²) in [5, 5.41) is 2.94. The highest BCUT2D eigenvalue weighted by Crippen LogP contribution is 2.36. The molecule has 1 saturated heterocycles. The van der Waals surface area contributed by atoms with Crippen molar-refractivity contribution in [1.82, 2.24) is 0 Å². The van der Waals surface area contributed by atoms with Crippen LogP contribution in [-0.4, -0.2) is 33.7 Å². The van der Waals surface area contributed by atoms with Gasteiger partial charge in [0.2, 0.25) is 15.9 Å². The second kappa shape index (κ2) is 7.01. The van der Waals surface area contributed by atoms with E-state index in [9.17, 15) is 13.2 Å². The van der Waals surface area contributed by atoms with Crippen LogP contribution in [-0.2, 0) is 14.8 Å². The van der Waals surface area contributed by atoms with Crippen LogP contribution in [0.3, 0.4) is 0 Å². The van der Waals surface area contributed by atoms with E-state index < -0.39 is 10.0 Å². The molecular weight excluding hydrogens is 328 g/mol. The van der Waals surface area contributed by atoms with Crippen LogP contribution in [0, 0.1) is 5.92 Å². The predicted molar refractivity (Wildman–Crippen MR) is 93.9 cm³/mol. The summed E-state index contributed by atoms with van der Waals surface area (Å²) in [7, 11) is -1.78. The van der Waals surface area contributed by atoms with E-state index in [-0.39, 0.29) is 17.6 Å². The normalized spacial score (nSPS) is 20.8. The zero-order valence-corrected chi connectivity index (χ0v) is 14.8. The van der Waals surface area contributed by atoms with Crippen LogP contribution in [0.25, 0.3) is 0 Å². The number of sulfonamides is 1. The molecular formula is C17H24N2O4S. The van der Waals surface area contributed by atoms with Crippen molar-refractivity contribution in [3.63, 3.8) is 0 Å². The summed E-state index contributed by atoms with van der Waals surface area (Å²) in [6.45, 7) is 0.443. The van der Waals surface area contributed by atoms with Crippen LogP contribution < -0.4 is 14.4 Å². The van der Waals surface area contributed by atoms with Gasteiger partial charge < -0.3 is 10.1 Å². The fourth-order valence-corrected chi connectivity index (χ4v) is 5.05. The van der Waals surface area contributed by atoms with E-state index in [0.717, 1.165) is 25.7 Å². The molecule has 2 aliphatic rings. The molecule has 1 heterocycles. The molecule has 7 heteroatoms. The molecule has 1 saturated carbocycles. The van der Waals surface area contributed by atoms with Crippen molar-refractivity contribution in [2.45, 2.75) is 38.5 Å². The van der Waals surface area contributed by atoms with Gasteiger partial charge in [0, 0.05) is 18.2 Å². The predicted octanol–water partition coefficient (Wildman–Crippen LogP) is 2.75. The van der Waals surface area contributed by atoms with Gasteiger partial charge in [0.25, 0.3) is 0 Å². The van der Waals surface area contributed by atoms with Gasteiger partial charge in [0.15, 0.2) is 0 Å². The molecule has 1 amide bonds. The first-order chi connectivity index (χ1) is 11.5. The maximum atomic E-state index is 12.4. The van der Waals surface area contributed by atoms with Crippen LogP contribution in [0.15, 0.2) is 18.2 Å². The number of rotatable bonds is 4. The molecule has 0 atom stereocenters. The van der Waals surface area contributed by atoms with Gasteiger partial charge in [-0.3, -0.25) is 9.10 Å². The Morgan fingerprint density at radius 3 is 2.58 bits per heavy atom. The molecule has 0 bridgehead atoms. The van der Waals surface area contributed by atoms with Gasteiger partial charge in [-0.25, -0.2) is 8.42 Å². The van der Waals surface area contributed by atoms with Crippen molar-refractivity contribution in [2.24, 2.45) is 5.92 Å². The number of amides is 1. The van der Waals surface area contributed by atoms with Gasteiger partial charge in [-0.2, -0.15) is 0 Å². The lowest BCUT2D eigenvalue weighted by atomic mass is 9.88. The number of carbonyl (C=O) groups is 1. The third-order valence-corrected chi connectivity index (χ3v) is 6.65. The van der Waals surface area contributed by atoms with Crippen molar-refractivity contribution >= 4 is 27.3 Å². The van der Waals surface area contributed by atoms with Crippen molar-refractivity contribution in [3.8, 4) is 5.75 Å². The molecule has 1 N–H and O–H groups in total. The first-order valence-corrected chi connectivity index (χ1v) is 10.1. The van der Waals surface area contributed by atoms with Gasteiger partial charge >= 0.3 is 0 Å². The van der Waals surface area contributed by atoms with Crippen molar-refractivity contribution < 1.29 is 17.9 Å². The standard InChI is InChI=1S/C17H24N2O4S/c1-23-16-9-8-14(18-17(20)13-6-3-2-4-7-13)12-15(16)19-10-5-11-24(19,21)22/h8-9,12-13H,2-7,10-11H2,1H3,(H,18,20). The van der Waals surface area contributed by atoms with E-state index in [2.05, 4.69) is 5.32 Å². The highest BCUT2D eigenvalue weighted by molar-refractivity contribution is 7.93. The molecule has 1 aliphatic carbocycles. The molecule has 1 aliphatic heterocycles. The van der Waals surface area contributed by atoms with Crippen molar-refractivity contribution in [1.29, 1.82) is 0 Å². The molecule has 3 rings (SSSR count). The highest BCUT2D eigenvalue weighted by Gasteiger charge is 2.31. The largest absolute Gasteiger partial charge is 0.495 e. The molecule has 2 fully saturated rings. The van der Waals surface area contributed by atoms with E-state index in [4.69, 9.17) is 4.74 Å². The Kier molecular flexibility index (Phi) is 4.99. The number of nitrogens with one attached hydrogen (secondary N) is 1. The fraction of sp³-hybridized carbons (Fsp3) is 0.588. The van der Waals surface area contributed by atoms with Crippen molar-refractivity contribution in [3.05, 3.63) is 18.2 Å². The molecule has 0 spiro atoms. The Labute approximate surface area is 143 Å². The number of hydrogen-bond acceptors (Lipinski definition) is 4. The van der Waals surface area contributed by atoms with Gasteiger partial charge in [0.05, 0.1) is 18.6 Å². The number of nitrogens with zero attached hydrogens (tertiary/aromatic N) is 1. The summed E-state index contributed by atoms with van der Waals surface area (Å²) in [5.74, 6) is 0.723. The summed E-state index contributed by atoms with van der Waals surface area (Å²) >= 11 is 0. The minimum atomic E-state index is -3.30. The number of methoxy groups -OCH3 is 1. The molecule has 6 nitrogen and oxygen atoms in total. The van der Waals surface area contributed by atoms with Crippen LogP contribution in [0.2, 0.25) is 0 Å². The maximum absolute atomic E-state index is 12.4. The number of ether oxygens (including phenoxy) is 1. The van der Waals surface area contributed by atoms with E-state index in [0.29, 0.717) is 30.1 Å². The Morgan fingerprint density at radius 2 is 1.96 bits per heavy atom. The lowest BCUT2D eigenvalue weighted by Gasteiger charge is -2.23. The van der Waals surface area contributed by atoms with Crippen LogP contribution in [0.4, 0.5) is 11.4 Å². The van der Waals surface area contributed by atoms with E-state index >= 15 is 0 Å². The first-order valence-electron chi connectivity index (χ1n) is 8.50. The van der Waals surface area contributed by atoms with Crippen LogP contribution in [0.1, 0.15) is 38.5 Å². The Balaban J connectivity index is 1.82. The average Bonchev–Trinajstić information content (AvgIpc) is 2.94. The third-order valence-electron chi connectivity index (χ3n) is 4.79. The zero-order valence-electron chi connectivity index (χ0n) is 14.0. The monoisotopic (exact) mass is 352 g/mol. The summed E-state index contributed by atoms with van der Waals surface area (Å²) in [6, 6.07) is 5.16. The topological polar surface area (TPSA) is 75.7 Å². The van der Waals surface area contributed by atoms with Gasteiger partial charge in [-0.15, -0.1) is 0 Å². The van der Waals surface area contributed by atoms with Crippen LogP contribution >= 0.6 is 0 Å². The van der Waals surface area contributed by atoms with E-state index in [1.807, 2.05) is 0 Å². The SMILES string of the molecule is COc1ccc(NC(=O)C2CCCCC2)cc1N1CCCS1(=O)=O. The minimum Gasteiger partial charge on any atom is -0.495 e. The summed E-state index contributed by atoms with van der Waals surface area (Å²) < 4.78 is 31.1. The van der Waals surface area contributed by atoms with Gasteiger partial charge in [-0.1, -0.05) is 19.3 Å². The molecule has 0 aromatic heterocycles. The highest BCUT2D eigenvalue weighted by atomic mass is 32.2. The quantitative estimate of drug-likeness (QED) is 0.904. The second-order valence-electron chi connectivity index (χ2n) is 6.45. The first kappa shape index (κ1) is 17.1. The zero-order chi connectivity index (χ0) is 17.2. The van der Waals surface area contributed by atoms with Gasteiger partial charge in [0.1, 0.15) is 5.75 Å². The Bertz CT molecular complexity index is 711. The van der Waals surface area contributed by atoms with E-state index in [1.54, 1.807) is 18.2 Å². The summed E-state index contributed by atoms with van der Waals surface area (Å²) in [5.41, 5.74) is 1.11. The number of carbonyl (C=O) groups excluding carboxylic acids is 1. The summed E-state index contributed by atoms with van der Waals surface area (Å²) in [6.07, 6.45) is 5.84. The summed E-state index contributed by atoms with van der Waals surface area (Å²) in [4.78, 5) is 12.4. The lowest BCUT2D eigenvalue weighted by Crippen LogP contribution is -2.27. The maximum Gasteiger partial charge on any atom is 0.235 e. The van der Waals surface area contributed by atoms with Crippen molar-refractivity contribution in [2.75, 3.05) is 29.0 Å². The Morgan fingerprint density at radius 1 is 1.21 bits per heavy atom. The molecule has 1 aromatic carbocycles. The number of anilines is 2. The fourth-order valence-electron chi connectivity index (χ4n) is 3.48. The molecule has 24 heavy (non-hydrogen) atoms. The second-order valence-corrected chi connectivity index (χ2v) is 8.47. The third kappa shape index (κ3) is 3.50. The minimum absolute atomic E-state index is 0.0232. The smallest absolute Gasteiger partial charge is 0.235 e. The number of benzene rings is 1. The molecule has 0 unspecified atom stereocenters. The van der Waals surface area contributed by atoms with E-state index in [1.165, 1.54) is 17.8 Å². The van der Waals surface area contributed by atoms with Gasteiger partial charge in [-0.05, 0) is 37.5 Å². The van der Waals surface area contributed by atoms with Crippen LogP contribution in [0.5, 0.6) is 5.75 Å². The molecule has 0 radical (unpaired) electrons. The molecule has 1 aromatic rings.